The number of hydrogen-bond acceptors (Lipinski definition) is 7. The van der Waals surface area contributed by atoms with Crippen LogP contribution < -0.4 is 10.6 Å². The minimum absolute atomic E-state index is 0.313. The first kappa shape index (κ1) is 24.1. The van der Waals surface area contributed by atoms with Gasteiger partial charge in [0.1, 0.15) is 12.1 Å². The molecule has 1 fully saturated rings. The van der Waals surface area contributed by atoms with E-state index < -0.39 is 42.5 Å². The number of aryl methyl sites for hydroxylation is 1. The minimum Gasteiger partial charge on any atom is -0.454 e. The molecule has 0 radical (unpaired) electrons. The first-order chi connectivity index (χ1) is 16.8. The average molecular weight is 493 g/mol. The van der Waals surface area contributed by atoms with E-state index in [1.165, 1.54) is 11.3 Å². The zero-order valence-corrected chi connectivity index (χ0v) is 20.1. The van der Waals surface area contributed by atoms with Gasteiger partial charge in [0, 0.05) is 10.9 Å². The van der Waals surface area contributed by atoms with Crippen molar-refractivity contribution >= 4 is 40.3 Å². The van der Waals surface area contributed by atoms with E-state index in [-0.39, 0.29) is 0 Å². The van der Waals surface area contributed by atoms with Crippen LogP contribution in [-0.4, -0.2) is 46.9 Å². The number of imide groups is 1. The average Bonchev–Trinajstić information content (AvgIpc) is 3.42. The van der Waals surface area contributed by atoms with Crippen molar-refractivity contribution in [2.24, 2.45) is 0 Å². The molecule has 180 valence electrons. The van der Waals surface area contributed by atoms with Crippen molar-refractivity contribution in [3.05, 3.63) is 71.1 Å². The summed E-state index contributed by atoms with van der Waals surface area (Å²) >= 11 is 1.25. The summed E-state index contributed by atoms with van der Waals surface area (Å²) in [5.41, 5.74) is 2.16. The van der Waals surface area contributed by atoms with E-state index in [4.69, 9.17) is 4.74 Å². The molecule has 1 unspecified atom stereocenters. The first-order valence-electron chi connectivity index (χ1n) is 11.0. The van der Waals surface area contributed by atoms with Crippen LogP contribution in [0.5, 0.6) is 0 Å². The SMILES string of the molecule is CCC1(c2ccccc2)NC(=O)N(CC(=O)OCC(=O)Nc2nc(-c3ccc(C)cc3)cs2)C1=O. The van der Waals surface area contributed by atoms with Crippen LogP contribution in [0, 0.1) is 6.92 Å². The number of ether oxygens (including phenoxy) is 1. The van der Waals surface area contributed by atoms with E-state index in [0.29, 0.717) is 17.1 Å². The maximum absolute atomic E-state index is 13.1. The summed E-state index contributed by atoms with van der Waals surface area (Å²) in [5, 5.41) is 7.47. The number of anilines is 1. The zero-order chi connectivity index (χ0) is 25.0. The fourth-order valence-electron chi connectivity index (χ4n) is 3.80. The van der Waals surface area contributed by atoms with Gasteiger partial charge in [-0.2, -0.15) is 0 Å². The fraction of sp³-hybridized carbons (Fsp3) is 0.240. The summed E-state index contributed by atoms with van der Waals surface area (Å²) in [5.74, 6) is -1.99. The predicted molar refractivity (Wildman–Crippen MR) is 131 cm³/mol. The Morgan fingerprint density at radius 2 is 1.83 bits per heavy atom. The Hall–Kier alpha value is -4.05. The van der Waals surface area contributed by atoms with Gasteiger partial charge in [0.25, 0.3) is 11.8 Å². The number of nitrogens with zero attached hydrogens (tertiary/aromatic N) is 2. The number of aromatic nitrogens is 1. The number of rotatable bonds is 8. The van der Waals surface area contributed by atoms with Crippen molar-refractivity contribution in [1.82, 2.24) is 15.2 Å². The number of urea groups is 1. The van der Waals surface area contributed by atoms with Crippen LogP contribution in [0.4, 0.5) is 9.93 Å². The van der Waals surface area contributed by atoms with Gasteiger partial charge in [-0.1, -0.05) is 67.1 Å². The molecule has 9 nitrogen and oxygen atoms in total. The van der Waals surface area contributed by atoms with Crippen LogP contribution >= 0.6 is 11.3 Å². The van der Waals surface area contributed by atoms with Crippen molar-refractivity contribution in [3.63, 3.8) is 0 Å². The van der Waals surface area contributed by atoms with E-state index in [2.05, 4.69) is 15.6 Å². The third-order valence-electron chi connectivity index (χ3n) is 5.72. The molecular weight excluding hydrogens is 468 g/mol. The molecule has 4 amide bonds. The summed E-state index contributed by atoms with van der Waals surface area (Å²) in [6, 6.07) is 16.0. The van der Waals surface area contributed by atoms with Crippen molar-refractivity contribution in [1.29, 1.82) is 0 Å². The van der Waals surface area contributed by atoms with Gasteiger partial charge in [0.2, 0.25) is 0 Å². The highest BCUT2D eigenvalue weighted by Gasteiger charge is 2.51. The summed E-state index contributed by atoms with van der Waals surface area (Å²) in [6.07, 6.45) is 0.313. The lowest BCUT2D eigenvalue weighted by Crippen LogP contribution is -2.44. The summed E-state index contributed by atoms with van der Waals surface area (Å²) < 4.78 is 5.00. The number of nitrogens with one attached hydrogen (secondary N) is 2. The number of carbonyl (C=O) groups excluding carboxylic acids is 4. The Kier molecular flexibility index (Phi) is 6.92. The standard InChI is InChI=1S/C25H24N4O5S/c1-3-25(18-7-5-4-6-8-18)22(32)29(24(33)28-25)13-21(31)34-14-20(30)27-23-26-19(15-35-23)17-11-9-16(2)10-12-17/h4-12,15H,3,13-14H2,1-2H3,(H,28,33)(H,26,27,30). The zero-order valence-electron chi connectivity index (χ0n) is 19.2. The summed E-state index contributed by atoms with van der Waals surface area (Å²) in [4.78, 5) is 55.3. The molecule has 35 heavy (non-hydrogen) atoms. The molecule has 2 aromatic carbocycles. The van der Waals surface area contributed by atoms with Gasteiger partial charge < -0.3 is 10.1 Å². The van der Waals surface area contributed by atoms with E-state index >= 15 is 0 Å². The smallest absolute Gasteiger partial charge is 0.326 e. The highest BCUT2D eigenvalue weighted by Crippen LogP contribution is 2.32. The molecule has 10 heteroatoms. The number of carbonyl (C=O) groups is 4. The van der Waals surface area contributed by atoms with Crippen molar-refractivity contribution in [2.45, 2.75) is 25.8 Å². The Bertz CT molecular complexity index is 1260. The van der Waals surface area contributed by atoms with Crippen LogP contribution in [0.2, 0.25) is 0 Å². The molecule has 3 aromatic rings. The number of esters is 1. The quantitative estimate of drug-likeness (QED) is 0.367. The van der Waals surface area contributed by atoms with Crippen LogP contribution in [-0.2, 0) is 24.7 Å². The second-order valence-corrected chi connectivity index (χ2v) is 8.92. The van der Waals surface area contributed by atoms with Gasteiger partial charge in [-0.05, 0) is 18.9 Å². The molecule has 1 aliphatic heterocycles. The molecule has 0 spiro atoms. The highest BCUT2D eigenvalue weighted by molar-refractivity contribution is 7.14. The molecule has 0 saturated carbocycles. The fourth-order valence-corrected chi connectivity index (χ4v) is 4.53. The lowest BCUT2D eigenvalue weighted by molar-refractivity contribution is -0.150. The molecule has 2 N–H and O–H groups in total. The van der Waals surface area contributed by atoms with Gasteiger partial charge in [-0.15, -0.1) is 11.3 Å². The third kappa shape index (κ3) is 5.07. The van der Waals surface area contributed by atoms with Gasteiger partial charge in [-0.25, -0.2) is 9.78 Å². The Balaban J connectivity index is 1.31. The number of hydrogen-bond donors (Lipinski definition) is 2. The van der Waals surface area contributed by atoms with Crippen LogP contribution in [0.15, 0.2) is 60.0 Å². The molecule has 1 aliphatic rings. The lowest BCUT2D eigenvalue weighted by Gasteiger charge is -2.25. The van der Waals surface area contributed by atoms with Crippen molar-refractivity contribution < 1.29 is 23.9 Å². The number of amides is 4. The Morgan fingerprint density at radius 1 is 1.11 bits per heavy atom. The highest BCUT2D eigenvalue weighted by atomic mass is 32.1. The maximum atomic E-state index is 13.1. The van der Waals surface area contributed by atoms with Crippen molar-refractivity contribution in [2.75, 3.05) is 18.5 Å². The number of benzene rings is 2. The van der Waals surface area contributed by atoms with E-state index in [9.17, 15) is 19.2 Å². The molecular formula is C25H24N4O5S. The van der Waals surface area contributed by atoms with Crippen molar-refractivity contribution in [3.8, 4) is 11.3 Å². The van der Waals surface area contributed by atoms with E-state index in [1.54, 1.807) is 31.2 Å². The largest absolute Gasteiger partial charge is 0.454 e. The minimum atomic E-state index is -1.24. The molecule has 0 bridgehead atoms. The lowest BCUT2D eigenvalue weighted by atomic mass is 9.87. The van der Waals surface area contributed by atoms with Gasteiger partial charge in [0.15, 0.2) is 11.7 Å². The molecule has 1 atom stereocenters. The van der Waals surface area contributed by atoms with Gasteiger partial charge in [0.05, 0.1) is 5.69 Å². The van der Waals surface area contributed by atoms with Gasteiger partial charge >= 0.3 is 12.0 Å². The molecule has 1 aromatic heterocycles. The Morgan fingerprint density at radius 3 is 2.51 bits per heavy atom. The van der Waals surface area contributed by atoms with E-state index in [0.717, 1.165) is 21.7 Å². The molecule has 1 saturated heterocycles. The second kappa shape index (κ2) is 10.1. The predicted octanol–water partition coefficient (Wildman–Crippen LogP) is 3.46. The molecule has 2 heterocycles. The van der Waals surface area contributed by atoms with Crippen LogP contribution in [0.25, 0.3) is 11.3 Å². The van der Waals surface area contributed by atoms with Crippen LogP contribution in [0.1, 0.15) is 24.5 Å². The van der Waals surface area contributed by atoms with Gasteiger partial charge in [-0.3, -0.25) is 24.6 Å². The monoisotopic (exact) mass is 492 g/mol. The number of thiazole rings is 1. The van der Waals surface area contributed by atoms with Crippen LogP contribution in [0.3, 0.4) is 0 Å². The molecule has 4 rings (SSSR count). The normalized spacial score (nSPS) is 17.3. The summed E-state index contributed by atoms with van der Waals surface area (Å²) in [7, 11) is 0. The topological polar surface area (TPSA) is 118 Å². The first-order valence-corrected chi connectivity index (χ1v) is 11.9. The van der Waals surface area contributed by atoms with E-state index in [1.807, 2.05) is 42.6 Å². The maximum Gasteiger partial charge on any atom is 0.326 e. The molecule has 0 aliphatic carbocycles. The third-order valence-corrected chi connectivity index (χ3v) is 6.48. The Labute approximate surface area is 206 Å². The summed E-state index contributed by atoms with van der Waals surface area (Å²) in [6.45, 7) is 2.61. The second-order valence-electron chi connectivity index (χ2n) is 8.06.